The average molecular weight is 345 g/mol. The number of carboxylic acids is 1. The Kier molecular flexibility index (Phi) is 7.09. The smallest absolute Gasteiger partial charge is 0.407 e. The van der Waals surface area contributed by atoms with Gasteiger partial charge in [-0.15, -0.1) is 0 Å². The maximum absolute atomic E-state index is 13.5. The van der Waals surface area contributed by atoms with Crippen LogP contribution < -0.4 is 5.32 Å². The molecule has 6 nitrogen and oxygen atoms in total. The van der Waals surface area contributed by atoms with Gasteiger partial charge in [0.25, 0.3) is 0 Å². The van der Waals surface area contributed by atoms with Crippen LogP contribution in [0.4, 0.5) is 13.6 Å². The summed E-state index contributed by atoms with van der Waals surface area (Å²) in [5.41, 5.74) is 0.699. The number of alkyl halides is 2. The first kappa shape index (κ1) is 19.8. The minimum Gasteiger partial charge on any atom is -0.477 e. The summed E-state index contributed by atoms with van der Waals surface area (Å²) in [6.45, 7) is 3.30. The molecule has 0 aliphatic rings. The maximum Gasteiger partial charge on any atom is 0.407 e. The summed E-state index contributed by atoms with van der Waals surface area (Å²) in [5.74, 6) is -7.00. The lowest BCUT2D eigenvalue weighted by molar-refractivity contribution is -0.185. The Bertz CT molecular complexity index is 551. The van der Waals surface area contributed by atoms with Crippen LogP contribution in [-0.4, -0.2) is 40.3 Å². The van der Waals surface area contributed by atoms with Gasteiger partial charge in [-0.3, -0.25) is 0 Å². The van der Waals surface area contributed by atoms with Gasteiger partial charge in [0, 0.05) is 0 Å². The summed E-state index contributed by atoms with van der Waals surface area (Å²) < 4.78 is 31.9. The topological polar surface area (TPSA) is 95.9 Å². The third-order valence-corrected chi connectivity index (χ3v) is 3.28. The van der Waals surface area contributed by atoms with Crippen LogP contribution in [0.1, 0.15) is 25.8 Å². The number of aliphatic carboxylic acids is 1. The molecule has 0 aromatic heterocycles. The van der Waals surface area contributed by atoms with E-state index in [1.54, 1.807) is 44.2 Å². The lowest BCUT2D eigenvalue weighted by Crippen LogP contribution is -2.55. The van der Waals surface area contributed by atoms with Gasteiger partial charge in [-0.05, 0) is 17.9 Å². The number of carboxylic acid groups (broad SMARTS) is 1. The van der Waals surface area contributed by atoms with Crippen LogP contribution in [-0.2, 0) is 16.1 Å². The Morgan fingerprint density at radius 1 is 1.25 bits per heavy atom. The van der Waals surface area contributed by atoms with Gasteiger partial charge in [-0.2, -0.15) is 8.78 Å². The molecule has 0 aliphatic carbocycles. The molecule has 1 rings (SSSR count). The van der Waals surface area contributed by atoms with E-state index in [0.717, 1.165) is 0 Å². The van der Waals surface area contributed by atoms with Crippen LogP contribution >= 0.6 is 0 Å². The fourth-order valence-corrected chi connectivity index (χ4v) is 2.07. The second-order valence-corrected chi connectivity index (χ2v) is 5.82. The molecule has 8 heteroatoms. The summed E-state index contributed by atoms with van der Waals surface area (Å²) in [6, 6.07) is 7.25. The molecule has 0 saturated heterocycles. The Hall–Kier alpha value is -2.22. The van der Waals surface area contributed by atoms with Crippen molar-refractivity contribution in [2.24, 2.45) is 5.92 Å². The predicted octanol–water partition coefficient (Wildman–Crippen LogP) is 2.41. The Labute approximate surface area is 138 Å². The molecule has 0 spiro atoms. The minimum atomic E-state index is -4.38. The summed E-state index contributed by atoms with van der Waals surface area (Å²) in [7, 11) is 0. The van der Waals surface area contributed by atoms with Crippen molar-refractivity contribution < 1.29 is 33.3 Å². The second kappa shape index (κ2) is 8.58. The van der Waals surface area contributed by atoms with Crippen LogP contribution in [0.15, 0.2) is 30.3 Å². The number of hydrogen-bond acceptors (Lipinski definition) is 4. The van der Waals surface area contributed by atoms with E-state index in [9.17, 15) is 23.5 Å². The number of hydrogen-bond donors (Lipinski definition) is 3. The zero-order chi connectivity index (χ0) is 18.3. The number of aliphatic hydroxyl groups excluding tert-OH is 1. The highest BCUT2D eigenvalue weighted by molar-refractivity contribution is 5.76. The van der Waals surface area contributed by atoms with E-state index >= 15 is 0 Å². The van der Waals surface area contributed by atoms with Crippen LogP contribution in [0.3, 0.4) is 0 Å². The molecular weight excluding hydrogens is 324 g/mol. The normalized spacial score (nSPS) is 14.1. The van der Waals surface area contributed by atoms with Gasteiger partial charge in [0.2, 0.25) is 0 Å². The quantitative estimate of drug-likeness (QED) is 0.672. The monoisotopic (exact) mass is 345 g/mol. The van der Waals surface area contributed by atoms with Gasteiger partial charge in [-0.25, -0.2) is 9.59 Å². The van der Waals surface area contributed by atoms with Crippen molar-refractivity contribution in [1.82, 2.24) is 5.32 Å². The largest absolute Gasteiger partial charge is 0.477 e. The van der Waals surface area contributed by atoms with Crippen molar-refractivity contribution in [1.29, 1.82) is 0 Å². The van der Waals surface area contributed by atoms with Crippen LogP contribution in [0.25, 0.3) is 0 Å². The summed E-state index contributed by atoms with van der Waals surface area (Å²) in [4.78, 5) is 22.4. The van der Waals surface area contributed by atoms with Crippen molar-refractivity contribution in [3.63, 3.8) is 0 Å². The molecule has 1 aromatic carbocycles. The number of alkyl carbamates (subject to hydrolysis) is 1. The lowest BCUT2D eigenvalue weighted by Gasteiger charge is -2.28. The minimum absolute atomic E-state index is 0.0372. The number of rotatable bonds is 8. The molecule has 0 radical (unpaired) electrons. The number of ether oxygens (including phenoxy) is 1. The van der Waals surface area contributed by atoms with Crippen molar-refractivity contribution in [3.8, 4) is 0 Å². The SMILES string of the molecule is CC(C)CC(NC(=O)OCc1ccccc1)C(O)C(F)(F)C(=O)O. The van der Waals surface area contributed by atoms with E-state index in [2.05, 4.69) is 5.32 Å². The zero-order valence-corrected chi connectivity index (χ0v) is 13.4. The maximum atomic E-state index is 13.5. The summed E-state index contributed by atoms with van der Waals surface area (Å²) >= 11 is 0. The number of carbonyl (C=O) groups excluding carboxylic acids is 1. The fraction of sp³-hybridized carbons (Fsp3) is 0.500. The molecule has 0 fully saturated rings. The number of aliphatic hydroxyl groups is 1. The fourth-order valence-electron chi connectivity index (χ4n) is 2.07. The van der Waals surface area contributed by atoms with E-state index in [1.165, 1.54) is 0 Å². The van der Waals surface area contributed by atoms with E-state index in [1.807, 2.05) is 0 Å². The molecule has 3 N–H and O–H groups in total. The molecule has 24 heavy (non-hydrogen) atoms. The van der Waals surface area contributed by atoms with Crippen molar-refractivity contribution in [2.75, 3.05) is 0 Å². The molecular formula is C16H21F2NO5. The predicted molar refractivity (Wildman–Crippen MR) is 81.6 cm³/mol. The highest BCUT2D eigenvalue weighted by Gasteiger charge is 2.51. The molecule has 0 bridgehead atoms. The number of halogens is 2. The number of amides is 1. The zero-order valence-electron chi connectivity index (χ0n) is 13.4. The number of nitrogens with one attached hydrogen (secondary N) is 1. The van der Waals surface area contributed by atoms with Gasteiger partial charge >= 0.3 is 18.0 Å². The molecule has 0 saturated carbocycles. The van der Waals surface area contributed by atoms with Crippen molar-refractivity contribution >= 4 is 12.1 Å². The first-order chi connectivity index (χ1) is 11.1. The van der Waals surface area contributed by atoms with Gasteiger partial charge < -0.3 is 20.3 Å². The first-order valence-corrected chi connectivity index (χ1v) is 7.41. The van der Waals surface area contributed by atoms with Crippen LogP contribution in [0.5, 0.6) is 0 Å². The van der Waals surface area contributed by atoms with Gasteiger partial charge in [-0.1, -0.05) is 44.2 Å². The lowest BCUT2D eigenvalue weighted by atomic mass is 9.95. The van der Waals surface area contributed by atoms with E-state index < -0.39 is 30.1 Å². The van der Waals surface area contributed by atoms with Crippen molar-refractivity contribution in [2.45, 2.75) is 44.9 Å². The molecule has 0 heterocycles. The molecule has 1 aromatic rings. The summed E-state index contributed by atoms with van der Waals surface area (Å²) in [6.07, 6.45) is -3.61. The number of carbonyl (C=O) groups is 2. The summed E-state index contributed by atoms with van der Waals surface area (Å²) in [5, 5.41) is 20.3. The van der Waals surface area contributed by atoms with E-state index in [4.69, 9.17) is 9.84 Å². The number of benzene rings is 1. The van der Waals surface area contributed by atoms with Crippen LogP contribution in [0.2, 0.25) is 0 Å². The molecule has 2 unspecified atom stereocenters. The Morgan fingerprint density at radius 3 is 2.33 bits per heavy atom. The highest BCUT2D eigenvalue weighted by atomic mass is 19.3. The first-order valence-electron chi connectivity index (χ1n) is 7.41. The molecule has 1 amide bonds. The third-order valence-electron chi connectivity index (χ3n) is 3.28. The van der Waals surface area contributed by atoms with Crippen LogP contribution in [0, 0.1) is 5.92 Å². The molecule has 2 atom stereocenters. The Morgan fingerprint density at radius 2 is 1.83 bits per heavy atom. The van der Waals surface area contributed by atoms with E-state index in [0.29, 0.717) is 5.56 Å². The third kappa shape index (κ3) is 5.77. The molecule has 0 aliphatic heterocycles. The van der Waals surface area contributed by atoms with E-state index in [-0.39, 0.29) is 18.9 Å². The average Bonchev–Trinajstić information content (AvgIpc) is 2.52. The van der Waals surface area contributed by atoms with Crippen molar-refractivity contribution in [3.05, 3.63) is 35.9 Å². The van der Waals surface area contributed by atoms with Gasteiger partial charge in [0.15, 0.2) is 0 Å². The van der Waals surface area contributed by atoms with Gasteiger partial charge in [0.1, 0.15) is 12.7 Å². The molecule has 134 valence electrons. The second-order valence-electron chi connectivity index (χ2n) is 5.82. The highest BCUT2D eigenvalue weighted by Crippen LogP contribution is 2.24. The standard InChI is InChI=1S/C16H21F2NO5/c1-10(2)8-12(13(20)16(17,18)14(21)22)19-15(23)24-9-11-6-4-3-5-7-11/h3-7,10,12-13,20H,8-9H2,1-2H3,(H,19,23)(H,21,22). The Balaban J connectivity index is 2.71. The van der Waals surface area contributed by atoms with Gasteiger partial charge in [0.05, 0.1) is 6.04 Å².